The lowest BCUT2D eigenvalue weighted by atomic mass is 10.2. The molecule has 1 aliphatic heterocycles. The first-order valence-electron chi connectivity index (χ1n) is 8.47. The molecule has 1 heterocycles. The highest BCUT2D eigenvalue weighted by Crippen LogP contribution is 2.18. The number of benzene rings is 1. The van der Waals surface area contributed by atoms with E-state index in [1.807, 2.05) is 12.1 Å². The molecule has 0 aromatic heterocycles. The fourth-order valence-corrected chi connectivity index (χ4v) is 4.56. The minimum atomic E-state index is -3.05. The van der Waals surface area contributed by atoms with Crippen LogP contribution in [-0.2, 0) is 19.4 Å². The van der Waals surface area contributed by atoms with Crippen LogP contribution in [0, 0.1) is 0 Å². The maximum atomic E-state index is 12.0. The van der Waals surface area contributed by atoms with Crippen LogP contribution < -0.4 is 15.5 Å². The number of carbonyl (C=O) groups excluding carboxylic acids is 2. The zero-order valence-electron chi connectivity index (χ0n) is 14.6. The van der Waals surface area contributed by atoms with Crippen LogP contribution in [0.4, 0.5) is 11.4 Å². The van der Waals surface area contributed by atoms with Crippen LogP contribution in [0.25, 0.3) is 0 Å². The average Bonchev–Trinajstić information content (AvgIpc) is 2.88. The number of sulfone groups is 1. The van der Waals surface area contributed by atoms with Gasteiger partial charge in [0, 0.05) is 30.5 Å². The molecule has 1 aromatic carbocycles. The molecule has 7 nitrogen and oxygen atoms in total. The number of carbonyl (C=O) groups is 2. The molecule has 2 N–H and O–H groups in total. The molecule has 1 saturated heterocycles. The second-order valence-corrected chi connectivity index (χ2v) is 8.34. The van der Waals surface area contributed by atoms with Crippen LogP contribution in [-0.4, -0.2) is 50.9 Å². The van der Waals surface area contributed by atoms with Crippen molar-refractivity contribution in [3.63, 3.8) is 0 Å². The Bertz CT molecular complexity index is 712. The first-order valence-corrected chi connectivity index (χ1v) is 10.3. The zero-order valence-corrected chi connectivity index (χ0v) is 15.4. The molecule has 1 aromatic rings. The van der Waals surface area contributed by atoms with Gasteiger partial charge < -0.3 is 15.5 Å². The summed E-state index contributed by atoms with van der Waals surface area (Å²) in [7, 11) is -3.05. The van der Waals surface area contributed by atoms with Crippen LogP contribution in [0.15, 0.2) is 24.3 Å². The maximum Gasteiger partial charge on any atom is 0.233 e. The summed E-state index contributed by atoms with van der Waals surface area (Å²) in [5.74, 6) is -0.843. The van der Waals surface area contributed by atoms with Crippen molar-refractivity contribution in [2.75, 3.05) is 34.8 Å². The van der Waals surface area contributed by atoms with E-state index >= 15 is 0 Å². The van der Waals surface area contributed by atoms with Gasteiger partial charge in [0.25, 0.3) is 0 Å². The van der Waals surface area contributed by atoms with Crippen molar-refractivity contribution in [1.29, 1.82) is 0 Å². The Morgan fingerprint density at radius 3 is 2.28 bits per heavy atom. The van der Waals surface area contributed by atoms with Crippen LogP contribution in [0.3, 0.4) is 0 Å². The highest BCUT2D eigenvalue weighted by molar-refractivity contribution is 7.91. The number of hydrogen-bond donors (Lipinski definition) is 2. The van der Waals surface area contributed by atoms with Gasteiger partial charge in [0.1, 0.15) is 6.42 Å². The molecule has 0 bridgehead atoms. The smallest absolute Gasteiger partial charge is 0.233 e. The van der Waals surface area contributed by atoms with E-state index in [0.29, 0.717) is 12.1 Å². The van der Waals surface area contributed by atoms with Crippen molar-refractivity contribution < 1.29 is 18.0 Å². The predicted molar refractivity (Wildman–Crippen MR) is 98.5 cm³/mol. The zero-order chi connectivity index (χ0) is 18.4. The van der Waals surface area contributed by atoms with E-state index in [2.05, 4.69) is 29.4 Å². The molecule has 0 radical (unpaired) electrons. The Hall–Kier alpha value is -2.09. The molecular weight excluding hydrogens is 342 g/mol. The van der Waals surface area contributed by atoms with Gasteiger partial charge in [-0.25, -0.2) is 8.42 Å². The normalized spacial score (nSPS) is 18.6. The standard InChI is InChI=1S/C17H25N3O4S/c1-3-20(4-2)15-7-5-13(6-8-15)18-16(21)11-17(22)19-14-9-10-25(23,24)12-14/h5-8,14H,3-4,9-12H2,1-2H3,(H,18,21)(H,19,22). The first kappa shape index (κ1) is 19.2. The predicted octanol–water partition coefficient (Wildman–Crippen LogP) is 1.16. The average molecular weight is 367 g/mol. The summed E-state index contributed by atoms with van der Waals surface area (Å²) in [4.78, 5) is 26.0. The lowest BCUT2D eigenvalue weighted by molar-refractivity contribution is -0.127. The van der Waals surface area contributed by atoms with Crippen molar-refractivity contribution in [3.05, 3.63) is 24.3 Å². The van der Waals surface area contributed by atoms with Crippen LogP contribution in [0.2, 0.25) is 0 Å². The molecule has 2 rings (SSSR count). The molecule has 0 saturated carbocycles. The Balaban J connectivity index is 1.82. The Morgan fingerprint density at radius 1 is 1.12 bits per heavy atom. The minimum absolute atomic E-state index is 0.0484. The van der Waals surface area contributed by atoms with Crippen molar-refractivity contribution in [2.24, 2.45) is 0 Å². The molecule has 1 aliphatic rings. The fourth-order valence-electron chi connectivity index (χ4n) is 2.88. The quantitative estimate of drug-likeness (QED) is 0.705. The Morgan fingerprint density at radius 2 is 1.76 bits per heavy atom. The van der Waals surface area contributed by atoms with E-state index in [-0.39, 0.29) is 17.9 Å². The molecule has 25 heavy (non-hydrogen) atoms. The van der Waals surface area contributed by atoms with Crippen LogP contribution in [0.5, 0.6) is 0 Å². The summed E-state index contributed by atoms with van der Waals surface area (Å²) in [5, 5.41) is 5.28. The Labute approximate surface area is 148 Å². The second kappa shape index (κ2) is 8.33. The van der Waals surface area contributed by atoms with Gasteiger partial charge in [-0.3, -0.25) is 9.59 Å². The molecule has 1 fully saturated rings. The summed E-state index contributed by atoms with van der Waals surface area (Å²) < 4.78 is 22.7. The highest BCUT2D eigenvalue weighted by atomic mass is 32.2. The summed E-state index contributed by atoms with van der Waals surface area (Å²) in [6.45, 7) is 5.96. The first-order chi connectivity index (χ1) is 11.8. The summed E-state index contributed by atoms with van der Waals surface area (Å²) in [6.07, 6.45) is 0.0802. The van der Waals surface area contributed by atoms with Gasteiger partial charge >= 0.3 is 0 Å². The van der Waals surface area contributed by atoms with Crippen molar-refractivity contribution in [3.8, 4) is 0 Å². The van der Waals surface area contributed by atoms with Gasteiger partial charge in [-0.15, -0.1) is 0 Å². The van der Waals surface area contributed by atoms with Crippen molar-refractivity contribution in [2.45, 2.75) is 32.7 Å². The lowest BCUT2D eigenvalue weighted by Gasteiger charge is -2.21. The molecule has 1 atom stereocenters. The minimum Gasteiger partial charge on any atom is -0.372 e. The number of anilines is 2. The van der Waals surface area contributed by atoms with E-state index in [0.717, 1.165) is 18.8 Å². The number of rotatable bonds is 7. The van der Waals surface area contributed by atoms with Crippen molar-refractivity contribution in [1.82, 2.24) is 5.32 Å². The number of nitrogens with zero attached hydrogens (tertiary/aromatic N) is 1. The SMILES string of the molecule is CCN(CC)c1ccc(NC(=O)CC(=O)NC2CCS(=O)(=O)C2)cc1. The van der Waals surface area contributed by atoms with Gasteiger partial charge in [-0.2, -0.15) is 0 Å². The largest absolute Gasteiger partial charge is 0.372 e. The maximum absolute atomic E-state index is 12.0. The van der Waals surface area contributed by atoms with Crippen LogP contribution >= 0.6 is 0 Å². The summed E-state index contributed by atoms with van der Waals surface area (Å²) in [6, 6.07) is 7.05. The molecule has 0 aliphatic carbocycles. The van der Waals surface area contributed by atoms with E-state index in [1.54, 1.807) is 12.1 Å². The number of nitrogens with one attached hydrogen (secondary N) is 2. The van der Waals surface area contributed by atoms with E-state index in [9.17, 15) is 18.0 Å². The second-order valence-electron chi connectivity index (χ2n) is 6.11. The highest BCUT2D eigenvalue weighted by Gasteiger charge is 2.29. The van der Waals surface area contributed by atoms with Crippen LogP contribution in [0.1, 0.15) is 26.7 Å². The van der Waals surface area contributed by atoms with Gasteiger partial charge in [0.2, 0.25) is 11.8 Å². The summed E-state index contributed by atoms with van der Waals surface area (Å²) >= 11 is 0. The Kier molecular flexibility index (Phi) is 6.41. The molecule has 0 spiro atoms. The third-order valence-electron chi connectivity index (χ3n) is 4.20. The van der Waals surface area contributed by atoms with E-state index in [4.69, 9.17) is 0 Å². The van der Waals surface area contributed by atoms with Gasteiger partial charge in [-0.1, -0.05) is 0 Å². The third kappa shape index (κ3) is 5.74. The third-order valence-corrected chi connectivity index (χ3v) is 5.97. The van der Waals surface area contributed by atoms with E-state index < -0.39 is 27.7 Å². The molecule has 2 amide bonds. The number of hydrogen-bond acceptors (Lipinski definition) is 5. The number of amides is 2. The topological polar surface area (TPSA) is 95.6 Å². The van der Waals surface area contributed by atoms with Crippen molar-refractivity contribution >= 4 is 33.0 Å². The molecule has 8 heteroatoms. The molecule has 1 unspecified atom stereocenters. The van der Waals surface area contributed by atoms with Gasteiger partial charge in [-0.05, 0) is 44.5 Å². The fraction of sp³-hybridized carbons (Fsp3) is 0.529. The monoisotopic (exact) mass is 367 g/mol. The van der Waals surface area contributed by atoms with E-state index in [1.165, 1.54) is 0 Å². The van der Waals surface area contributed by atoms with Gasteiger partial charge in [0.05, 0.1) is 11.5 Å². The molecular formula is C17H25N3O4S. The summed E-state index contributed by atoms with van der Waals surface area (Å²) in [5.41, 5.74) is 1.69. The molecule has 138 valence electrons. The van der Waals surface area contributed by atoms with Gasteiger partial charge in [0.15, 0.2) is 9.84 Å². The lowest BCUT2D eigenvalue weighted by Crippen LogP contribution is -2.37.